The van der Waals surface area contributed by atoms with Crippen LogP contribution < -0.4 is 10.1 Å². The summed E-state index contributed by atoms with van der Waals surface area (Å²) in [4.78, 5) is 0. The fourth-order valence-electron chi connectivity index (χ4n) is 2.57. The number of ether oxygens (including phenoxy) is 1. The maximum absolute atomic E-state index is 12.7. The van der Waals surface area contributed by atoms with E-state index in [-0.39, 0.29) is 18.9 Å². The number of methoxy groups -OCH3 is 1. The Balaban J connectivity index is 1.98. The lowest BCUT2D eigenvalue weighted by Crippen LogP contribution is -2.34. The van der Waals surface area contributed by atoms with Crippen molar-refractivity contribution in [1.29, 1.82) is 0 Å². The maximum Gasteiger partial charge on any atom is 0.391 e. The number of benzene rings is 1. The Morgan fingerprint density at radius 3 is 2.74 bits per heavy atom. The van der Waals surface area contributed by atoms with Crippen molar-refractivity contribution in [2.45, 2.75) is 37.9 Å². The summed E-state index contributed by atoms with van der Waals surface area (Å²) in [6.07, 6.45) is -2.27. The van der Waals surface area contributed by atoms with E-state index in [1.165, 1.54) is 0 Å². The van der Waals surface area contributed by atoms with E-state index in [0.717, 1.165) is 12.1 Å². The van der Waals surface area contributed by atoms with Crippen LogP contribution in [-0.2, 0) is 0 Å². The third-order valence-electron chi connectivity index (χ3n) is 3.58. The molecule has 106 valence electrons. The number of alkyl halides is 3. The van der Waals surface area contributed by atoms with Crippen LogP contribution in [0.3, 0.4) is 0 Å². The van der Waals surface area contributed by atoms with Gasteiger partial charge in [-0.2, -0.15) is 13.2 Å². The molecule has 1 saturated carbocycles. The second-order valence-electron chi connectivity index (χ2n) is 4.98. The van der Waals surface area contributed by atoms with Crippen LogP contribution in [0.5, 0.6) is 5.75 Å². The predicted molar refractivity (Wildman–Crippen MR) is 68.4 cm³/mol. The van der Waals surface area contributed by atoms with Crippen LogP contribution in [0.4, 0.5) is 18.9 Å². The van der Waals surface area contributed by atoms with Crippen molar-refractivity contribution < 1.29 is 17.9 Å². The number of anilines is 1. The number of rotatable bonds is 3. The molecule has 0 aliphatic heterocycles. The Morgan fingerprint density at radius 2 is 2.05 bits per heavy atom. The molecule has 2 nitrogen and oxygen atoms in total. The Bertz CT molecular complexity index is 419. The number of nitrogens with one attached hydrogen (secondary N) is 1. The minimum atomic E-state index is -4.07. The van der Waals surface area contributed by atoms with Gasteiger partial charge in [-0.05, 0) is 31.4 Å². The molecule has 0 heterocycles. The van der Waals surface area contributed by atoms with Gasteiger partial charge in [-0.25, -0.2) is 0 Å². The predicted octanol–water partition coefficient (Wildman–Crippen LogP) is 4.23. The first-order valence-electron chi connectivity index (χ1n) is 6.46. The monoisotopic (exact) mass is 273 g/mol. The molecule has 2 rings (SSSR count). The van der Waals surface area contributed by atoms with Crippen molar-refractivity contribution in [3.05, 3.63) is 24.3 Å². The van der Waals surface area contributed by atoms with E-state index in [4.69, 9.17) is 4.74 Å². The summed E-state index contributed by atoms with van der Waals surface area (Å²) in [5.41, 5.74) is 0.812. The van der Waals surface area contributed by atoms with Crippen molar-refractivity contribution in [3.8, 4) is 5.75 Å². The van der Waals surface area contributed by atoms with E-state index in [1.807, 2.05) is 18.2 Å². The summed E-state index contributed by atoms with van der Waals surface area (Å²) in [5.74, 6) is -0.475. The highest BCUT2D eigenvalue weighted by molar-refractivity contribution is 5.48. The average Bonchev–Trinajstić information content (AvgIpc) is 2.38. The quantitative estimate of drug-likeness (QED) is 0.890. The zero-order chi connectivity index (χ0) is 13.9. The highest BCUT2D eigenvalue weighted by Crippen LogP contribution is 2.38. The molecule has 1 N–H and O–H groups in total. The van der Waals surface area contributed by atoms with Gasteiger partial charge >= 0.3 is 6.18 Å². The molecular formula is C14H18F3NO. The highest BCUT2D eigenvalue weighted by atomic mass is 19.4. The average molecular weight is 273 g/mol. The standard InChI is InChI=1S/C14H18F3NO/c1-19-13-7-3-6-12(9-13)18-11-5-2-4-10(8-11)14(15,16)17/h3,6-7,9-11,18H,2,4-5,8H2,1H3. The third kappa shape index (κ3) is 3.78. The summed E-state index contributed by atoms with van der Waals surface area (Å²) in [6, 6.07) is 7.17. The van der Waals surface area contributed by atoms with Gasteiger partial charge in [-0.3, -0.25) is 0 Å². The van der Waals surface area contributed by atoms with Crippen molar-refractivity contribution in [3.63, 3.8) is 0 Å². The minimum Gasteiger partial charge on any atom is -0.497 e. The van der Waals surface area contributed by atoms with Gasteiger partial charge in [-0.1, -0.05) is 12.5 Å². The van der Waals surface area contributed by atoms with Crippen LogP contribution in [0.25, 0.3) is 0 Å². The second-order valence-corrected chi connectivity index (χ2v) is 4.98. The topological polar surface area (TPSA) is 21.3 Å². The lowest BCUT2D eigenvalue weighted by molar-refractivity contribution is -0.182. The van der Waals surface area contributed by atoms with Crippen molar-refractivity contribution in [2.24, 2.45) is 5.92 Å². The van der Waals surface area contributed by atoms with Crippen LogP contribution in [-0.4, -0.2) is 19.3 Å². The van der Waals surface area contributed by atoms with E-state index >= 15 is 0 Å². The number of halogens is 3. The SMILES string of the molecule is COc1cccc(NC2CCCC(C(F)(F)F)C2)c1. The van der Waals surface area contributed by atoms with Gasteiger partial charge in [0, 0.05) is 17.8 Å². The van der Waals surface area contributed by atoms with E-state index in [2.05, 4.69) is 5.32 Å². The summed E-state index contributed by atoms with van der Waals surface area (Å²) >= 11 is 0. The molecule has 0 radical (unpaired) electrons. The summed E-state index contributed by atoms with van der Waals surface area (Å²) in [7, 11) is 1.57. The fourth-order valence-corrected chi connectivity index (χ4v) is 2.57. The molecule has 0 spiro atoms. The molecule has 2 unspecified atom stereocenters. The number of hydrogen-bond donors (Lipinski definition) is 1. The van der Waals surface area contributed by atoms with Crippen LogP contribution in [0, 0.1) is 5.92 Å². The molecule has 0 saturated heterocycles. The van der Waals surface area contributed by atoms with E-state index in [1.54, 1.807) is 13.2 Å². The molecule has 1 aliphatic carbocycles. The zero-order valence-corrected chi connectivity index (χ0v) is 10.8. The molecule has 0 bridgehead atoms. The Labute approximate surface area is 111 Å². The van der Waals surface area contributed by atoms with Gasteiger partial charge in [0.25, 0.3) is 0 Å². The lowest BCUT2D eigenvalue weighted by atomic mass is 9.85. The zero-order valence-electron chi connectivity index (χ0n) is 10.8. The molecular weight excluding hydrogens is 255 g/mol. The Hall–Kier alpha value is -1.39. The lowest BCUT2D eigenvalue weighted by Gasteiger charge is -2.31. The summed E-state index contributed by atoms with van der Waals surface area (Å²) in [5, 5.41) is 3.18. The molecule has 5 heteroatoms. The first kappa shape index (κ1) is 14.0. The van der Waals surface area contributed by atoms with E-state index in [9.17, 15) is 13.2 Å². The van der Waals surface area contributed by atoms with Crippen LogP contribution in [0.2, 0.25) is 0 Å². The van der Waals surface area contributed by atoms with Gasteiger partial charge in [0.2, 0.25) is 0 Å². The number of hydrogen-bond acceptors (Lipinski definition) is 2. The molecule has 1 aromatic carbocycles. The molecule has 1 fully saturated rings. The van der Waals surface area contributed by atoms with Gasteiger partial charge < -0.3 is 10.1 Å². The molecule has 19 heavy (non-hydrogen) atoms. The first-order chi connectivity index (χ1) is 8.99. The highest BCUT2D eigenvalue weighted by Gasteiger charge is 2.42. The van der Waals surface area contributed by atoms with Gasteiger partial charge in [0.15, 0.2) is 0 Å². The van der Waals surface area contributed by atoms with Gasteiger partial charge in [0.05, 0.1) is 13.0 Å². The van der Waals surface area contributed by atoms with E-state index in [0.29, 0.717) is 12.2 Å². The van der Waals surface area contributed by atoms with Gasteiger partial charge in [-0.15, -0.1) is 0 Å². The summed E-state index contributed by atoms with van der Waals surface area (Å²) in [6.45, 7) is 0. The minimum absolute atomic E-state index is 0.118. The van der Waals surface area contributed by atoms with E-state index < -0.39 is 12.1 Å². The Morgan fingerprint density at radius 1 is 1.26 bits per heavy atom. The maximum atomic E-state index is 12.7. The van der Waals surface area contributed by atoms with Crippen LogP contribution in [0.1, 0.15) is 25.7 Å². The largest absolute Gasteiger partial charge is 0.497 e. The Kier molecular flexibility index (Phi) is 4.22. The normalized spacial score (nSPS) is 24.0. The fraction of sp³-hybridized carbons (Fsp3) is 0.571. The molecule has 0 amide bonds. The molecule has 2 atom stereocenters. The van der Waals surface area contributed by atoms with Crippen LogP contribution in [0.15, 0.2) is 24.3 Å². The third-order valence-corrected chi connectivity index (χ3v) is 3.58. The smallest absolute Gasteiger partial charge is 0.391 e. The van der Waals surface area contributed by atoms with Gasteiger partial charge in [0.1, 0.15) is 5.75 Å². The van der Waals surface area contributed by atoms with Crippen LogP contribution >= 0.6 is 0 Å². The van der Waals surface area contributed by atoms with Crippen molar-refractivity contribution in [1.82, 2.24) is 0 Å². The van der Waals surface area contributed by atoms with Crippen molar-refractivity contribution >= 4 is 5.69 Å². The summed E-state index contributed by atoms with van der Waals surface area (Å²) < 4.78 is 43.3. The first-order valence-corrected chi connectivity index (χ1v) is 6.46. The molecule has 1 aliphatic rings. The van der Waals surface area contributed by atoms with Crippen molar-refractivity contribution in [2.75, 3.05) is 12.4 Å². The molecule has 0 aromatic heterocycles. The second kappa shape index (κ2) is 5.72. The molecule has 1 aromatic rings.